The topological polar surface area (TPSA) is 90.3 Å². The smallest absolute Gasteiger partial charge is 0.387 e. The van der Waals surface area contributed by atoms with Crippen LogP contribution in [0, 0.1) is 5.92 Å². The largest absolute Gasteiger partial charge is 0.435 e. The molecule has 1 amide bonds. The normalized spacial score (nSPS) is 21.2. The molecule has 2 aromatic rings. The van der Waals surface area contributed by atoms with Crippen LogP contribution >= 0.6 is 0 Å². The van der Waals surface area contributed by atoms with Crippen molar-refractivity contribution in [3.63, 3.8) is 0 Å². The Bertz CT molecular complexity index is 1130. The van der Waals surface area contributed by atoms with E-state index in [1.165, 1.54) is 6.07 Å². The van der Waals surface area contributed by atoms with E-state index in [4.69, 9.17) is 5.10 Å². The van der Waals surface area contributed by atoms with Crippen molar-refractivity contribution in [2.45, 2.75) is 58.2 Å². The summed E-state index contributed by atoms with van der Waals surface area (Å²) in [6.45, 7) is 2.85. The molecule has 1 aromatic heterocycles. The molecule has 174 valence electrons. The standard InChI is InChI=1S/C22H27F2N3O4S/c1-13(2)27-18-10-15(20(28)25-22(3)11-32(29,30)12-22)7-8-17(18)19(26-27)14-5-4-6-16(9-14)31-21(23)24/h4-6,9,13,15,21H,7-8,10-12H2,1-3H3,(H,25,28)/t15-/m1/s1. The molecule has 4 rings (SSSR count). The highest BCUT2D eigenvalue weighted by molar-refractivity contribution is 7.93. The highest BCUT2D eigenvalue weighted by atomic mass is 32.2. The summed E-state index contributed by atoms with van der Waals surface area (Å²) in [6, 6.07) is 6.54. The molecule has 7 nitrogen and oxygen atoms in total. The van der Waals surface area contributed by atoms with Crippen LogP contribution in [0.3, 0.4) is 0 Å². The molecule has 2 heterocycles. The van der Waals surface area contributed by atoms with Crippen molar-refractivity contribution in [2.24, 2.45) is 5.92 Å². The second kappa shape index (κ2) is 8.13. The van der Waals surface area contributed by atoms with Crippen LogP contribution in [0.1, 0.15) is 44.5 Å². The van der Waals surface area contributed by atoms with Crippen molar-refractivity contribution >= 4 is 15.7 Å². The predicted molar refractivity (Wildman–Crippen MR) is 115 cm³/mol. The minimum atomic E-state index is -3.06. The van der Waals surface area contributed by atoms with Gasteiger partial charge in [-0.1, -0.05) is 12.1 Å². The number of carbonyl (C=O) groups excluding carboxylic acids is 1. The minimum absolute atomic E-state index is 0.0329. The average Bonchev–Trinajstić information content (AvgIpc) is 3.05. The first kappa shape index (κ1) is 22.7. The first-order valence-corrected chi connectivity index (χ1v) is 12.5. The van der Waals surface area contributed by atoms with E-state index < -0.39 is 22.0 Å². The van der Waals surface area contributed by atoms with E-state index in [0.29, 0.717) is 30.5 Å². The molecule has 1 fully saturated rings. The summed E-state index contributed by atoms with van der Waals surface area (Å²) in [5.74, 6) is -0.414. The fraction of sp³-hybridized carbons (Fsp3) is 0.545. The molecule has 10 heteroatoms. The SMILES string of the molecule is CC(C)n1nc(-c2cccc(OC(F)F)c2)c2c1C[C@H](C(=O)NC1(C)CS(=O)(=O)C1)CC2. The maximum absolute atomic E-state index is 12.9. The fourth-order valence-electron chi connectivity index (χ4n) is 4.74. The molecule has 1 aliphatic carbocycles. The van der Waals surface area contributed by atoms with Crippen LogP contribution in [0.25, 0.3) is 11.3 Å². The number of benzene rings is 1. The first-order chi connectivity index (χ1) is 15.0. The number of alkyl halides is 2. The average molecular weight is 468 g/mol. The van der Waals surface area contributed by atoms with E-state index in [1.54, 1.807) is 19.1 Å². The van der Waals surface area contributed by atoms with Crippen molar-refractivity contribution in [3.05, 3.63) is 35.5 Å². The zero-order chi connectivity index (χ0) is 23.3. The molecule has 32 heavy (non-hydrogen) atoms. The Morgan fingerprint density at radius 3 is 2.66 bits per heavy atom. The van der Waals surface area contributed by atoms with Crippen LogP contribution in [-0.4, -0.2) is 47.8 Å². The monoisotopic (exact) mass is 467 g/mol. The number of hydrogen-bond acceptors (Lipinski definition) is 5. The zero-order valence-electron chi connectivity index (χ0n) is 18.3. The minimum Gasteiger partial charge on any atom is -0.435 e. The second-order valence-electron chi connectivity index (χ2n) is 9.24. The van der Waals surface area contributed by atoms with Gasteiger partial charge in [0.05, 0.1) is 22.7 Å². The summed E-state index contributed by atoms with van der Waals surface area (Å²) >= 11 is 0. The van der Waals surface area contributed by atoms with Gasteiger partial charge in [-0.05, 0) is 45.7 Å². The number of nitrogens with zero attached hydrogens (tertiary/aromatic N) is 2. The number of carbonyl (C=O) groups is 1. The first-order valence-electron chi connectivity index (χ1n) is 10.6. The number of ether oxygens (including phenoxy) is 1. The van der Waals surface area contributed by atoms with Gasteiger partial charge in [0.2, 0.25) is 5.91 Å². The van der Waals surface area contributed by atoms with Crippen LogP contribution in [0.2, 0.25) is 0 Å². The molecule has 0 bridgehead atoms. The molecular formula is C22H27F2N3O4S. The number of fused-ring (bicyclic) bond motifs is 1. The highest BCUT2D eigenvalue weighted by Crippen LogP contribution is 2.36. The lowest BCUT2D eigenvalue weighted by Crippen LogP contribution is -2.64. The zero-order valence-corrected chi connectivity index (χ0v) is 19.1. The molecule has 0 radical (unpaired) electrons. The number of rotatable bonds is 6. The van der Waals surface area contributed by atoms with E-state index in [9.17, 15) is 22.0 Å². The van der Waals surface area contributed by atoms with Crippen molar-refractivity contribution in [1.82, 2.24) is 15.1 Å². The van der Waals surface area contributed by atoms with Crippen molar-refractivity contribution in [1.29, 1.82) is 0 Å². The quantitative estimate of drug-likeness (QED) is 0.705. The van der Waals surface area contributed by atoms with Crippen LogP contribution in [0.15, 0.2) is 24.3 Å². The fourth-order valence-corrected chi connectivity index (χ4v) is 6.74. The Kier molecular flexibility index (Phi) is 5.77. The van der Waals surface area contributed by atoms with Gasteiger partial charge in [-0.25, -0.2) is 8.42 Å². The summed E-state index contributed by atoms with van der Waals surface area (Å²) in [5.41, 5.74) is 2.66. The van der Waals surface area contributed by atoms with Crippen molar-refractivity contribution < 1.29 is 26.7 Å². The number of sulfone groups is 1. The van der Waals surface area contributed by atoms with Crippen LogP contribution in [-0.2, 0) is 27.5 Å². The molecule has 0 spiro atoms. The molecule has 2 aliphatic rings. The molecule has 1 saturated heterocycles. The number of halogens is 2. The van der Waals surface area contributed by atoms with E-state index in [-0.39, 0.29) is 35.1 Å². The molecule has 1 N–H and O–H groups in total. The Hall–Kier alpha value is -2.49. The van der Waals surface area contributed by atoms with Crippen LogP contribution in [0.5, 0.6) is 5.75 Å². The number of hydrogen-bond donors (Lipinski definition) is 1. The third kappa shape index (κ3) is 4.51. The van der Waals surface area contributed by atoms with Crippen LogP contribution in [0.4, 0.5) is 8.78 Å². The van der Waals surface area contributed by atoms with Gasteiger partial charge in [0.25, 0.3) is 0 Å². The van der Waals surface area contributed by atoms with E-state index >= 15 is 0 Å². The Labute approximate surface area is 186 Å². The lowest BCUT2D eigenvalue weighted by molar-refractivity contribution is -0.126. The number of nitrogens with one attached hydrogen (secondary N) is 1. The van der Waals surface area contributed by atoms with Crippen molar-refractivity contribution in [2.75, 3.05) is 11.5 Å². The van der Waals surface area contributed by atoms with Gasteiger partial charge in [0.1, 0.15) is 5.75 Å². The summed E-state index contributed by atoms with van der Waals surface area (Å²) < 4.78 is 54.8. The van der Waals surface area contributed by atoms with E-state index in [2.05, 4.69) is 10.1 Å². The Morgan fingerprint density at radius 2 is 2.03 bits per heavy atom. The van der Waals surface area contributed by atoms with Gasteiger partial charge >= 0.3 is 6.61 Å². The maximum Gasteiger partial charge on any atom is 0.387 e. The number of aromatic nitrogens is 2. The summed E-state index contributed by atoms with van der Waals surface area (Å²) in [6.07, 6.45) is 1.71. The van der Waals surface area contributed by atoms with Gasteiger partial charge in [-0.2, -0.15) is 13.9 Å². The highest BCUT2D eigenvalue weighted by Gasteiger charge is 2.46. The van der Waals surface area contributed by atoms with Gasteiger partial charge in [-0.3, -0.25) is 9.48 Å². The second-order valence-corrected chi connectivity index (χ2v) is 11.3. The van der Waals surface area contributed by atoms with Gasteiger partial charge in [0.15, 0.2) is 9.84 Å². The summed E-state index contributed by atoms with van der Waals surface area (Å²) in [5, 5.41) is 7.69. The summed E-state index contributed by atoms with van der Waals surface area (Å²) in [7, 11) is -3.06. The van der Waals surface area contributed by atoms with E-state index in [1.807, 2.05) is 24.6 Å². The number of amides is 1. The third-order valence-corrected chi connectivity index (χ3v) is 8.15. The lowest BCUT2D eigenvalue weighted by atomic mass is 9.84. The summed E-state index contributed by atoms with van der Waals surface area (Å²) in [4.78, 5) is 12.9. The van der Waals surface area contributed by atoms with Gasteiger partial charge in [0, 0.05) is 35.2 Å². The predicted octanol–water partition coefficient (Wildman–Crippen LogP) is 3.14. The lowest BCUT2D eigenvalue weighted by Gasteiger charge is -2.39. The molecule has 1 aliphatic heterocycles. The maximum atomic E-state index is 12.9. The molecule has 1 atom stereocenters. The Balaban J connectivity index is 1.59. The molecular weight excluding hydrogens is 440 g/mol. The van der Waals surface area contributed by atoms with Gasteiger partial charge in [-0.15, -0.1) is 0 Å². The molecule has 0 saturated carbocycles. The molecule has 1 aromatic carbocycles. The van der Waals surface area contributed by atoms with Crippen molar-refractivity contribution in [3.8, 4) is 17.0 Å². The third-order valence-electron chi connectivity index (χ3n) is 6.00. The van der Waals surface area contributed by atoms with E-state index in [0.717, 1.165) is 11.3 Å². The Morgan fingerprint density at radius 1 is 1.31 bits per heavy atom. The van der Waals surface area contributed by atoms with Crippen LogP contribution < -0.4 is 10.1 Å². The van der Waals surface area contributed by atoms with Gasteiger partial charge < -0.3 is 10.1 Å². The molecule has 0 unspecified atom stereocenters.